The van der Waals surface area contributed by atoms with Gasteiger partial charge in [0.25, 0.3) is 0 Å². The van der Waals surface area contributed by atoms with E-state index in [-0.39, 0.29) is 5.91 Å². The lowest BCUT2D eigenvalue weighted by Crippen LogP contribution is -2.50. The van der Waals surface area contributed by atoms with Crippen LogP contribution >= 0.6 is 0 Å². The van der Waals surface area contributed by atoms with E-state index in [2.05, 4.69) is 0 Å². The van der Waals surface area contributed by atoms with Gasteiger partial charge < -0.3 is 15.4 Å². The van der Waals surface area contributed by atoms with Crippen LogP contribution in [-0.2, 0) is 29.1 Å². The molecule has 1 unspecified atom stereocenters. The molecule has 186 valence electrons. The summed E-state index contributed by atoms with van der Waals surface area (Å²) in [5.41, 5.74) is 11.1. The Morgan fingerprint density at radius 3 is 2.46 bits per heavy atom. The largest absolute Gasteiger partial charge is 0.496 e. The van der Waals surface area contributed by atoms with Gasteiger partial charge in [-0.05, 0) is 34.9 Å². The van der Waals surface area contributed by atoms with E-state index in [0.29, 0.717) is 31.0 Å². The molecule has 2 heterocycles. The number of fused-ring (bicyclic) bond motifs is 1. The summed E-state index contributed by atoms with van der Waals surface area (Å²) in [4.78, 5) is 27.1. The third-order valence-electron chi connectivity index (χ3n) is 6.61. The molecular formula is C30H28N4O3. The molecule has 7 nitrogen and oxygen atoms in total. The number of nitrogens with two attached hydrogens (primary N) is 1. The molecule has 37 heavy (non-hydrogen) atoms. The van der Waals surface area contributed by atoms with E-state index in [1.165, 1.54) is 6.08 Å². The Balaban J connectivity index is 1.48. The Bertz CT molecular complexity index is 1460. The molecule has 1 aliphatic heterocycles. The van der Waals surface area contributed by atoms with E-state index >= 15 is 0 Å². The number of carbonyl (C=O) groups excluding carboxylic acids is 2. The Morgan fingerprint density at radius 2 is 1.70 bits per heavy atom. The molecule has 0 aliphatic carbocycles. The first-order chi connectivity index (χ1) is 18.0. The second kappa shape index (κ2) is 10.5. The number of methoxy groups -OCH3 is 1. The molecule has 0 fully saturated rings. The second-order valence-corrected chi connectivity index (χ2v) is 9.01. The van der Waals surface area contributed by atoms with Gasteiger partial charge in [0.05, 0.1) is 13.7 Å². The van der Waals surface area contributed by atoms with Crippen LogP contribution in [0.2, 0.25) is 0 Å². The SMILES string of the molecule is COc1ccccc1-c1nn(Cc2ccccc2)cc1/C=C/C(=O)N1Cc2ccccc2CC1C(N)=O. The van der Waals surface area contributed by atoms with Crippen LogP contribution in [0.4, 0.5) is 0 Å². The molecule has 1 atom stereocenters. The number of para-hydroxylation sites is 1. The molecule has 0 radical (unpaired) electrons. The van der Waals surface area contributed by atoms with Gasteiger partial charge in [-0.15, -0.1) is 0 Å². The summed E-state index contributed by atoms with van der Waals surface area (Å²) >= 11 is 0. The van der Waals surface area contributed by atoms with Crippen molar-refractivity contribution < 1.29 is 14.3 Å². The fourth-order valence-electron chi connectivity index (χ4n) is 4.73. The zero-order valence-corrected chi connectivity index (χ0v) is 20.6. The van der Waals surface area contributed by atoms with Crippen molar-refractivity contribution in [2.45, 2.75) is 25.6 Å². The summed E-state index contributed by atoms with van der Waals surface area (Å²) in [6.07, 6.45) is 5.56. The lowest BCUT2D eigenvalue weighted by molar-refractivity contribution is -0.136. The van der Waals surface area contributed by atoms with Gasteiger partial charge >= 0.3 is 0 Å². The minimum absolute atomic E-state index is 0.278. The second-order valence-electron chi connectivity index (χ2n) is 9.01. The van der Waals surface area contributed by atoms with Crippen LogP contribution in [0.1, 0.15) is 22.3 Å². The van der Waals surface area contributed by atoms with Gasteiger partial charge in [-0.25, -0.2) is 0 Å². The molecule has 1 aliphatic rings. The molecule has 4 aromatic rings. The van der Waals surface area contributed by atoms with E-state index in [1.807, 2.05) is 89.7 Å². The number of primary amides is 1. The normalized spacial score (nSPS) is 14.9. The minimum Gasteiger partial charge on any atom is -0.496 e. The number of rotatable bonds is 7. The zero-order valence-electron chi connectivity index (χ0n) is 20.6. The van der Waals surface area contributed by atoms with Gasteiger partial charge in [0, 0.05) is 36.4 Å². The van der Waals surface area contributed by atoms with Gasteiger partial charge in [0.2, 0.25) is 11.8 Å². The first-order valence-electron chi connectivity index (χ1n) is 12.1. The number of benzene rings is 3. The summed E-state index contributed by atoms with van der Waals surface area (Å²) in [6, 6.07) is 24.8. The molecule has 3 aromatic carbocycles. The highest BCUT2D eigenvalue weighted by atomic mass is 16.5. The molecular weight excluding hydrogens is 464 g/mol. The number of aromatic nitrogens is 2. The topological polar surface area (TPSA) is 90.5 Å². The molecule has 7 heteroatoms. The van der Waals surface area contributed by atoms with Crippen LogP contribution in [-0.4, -0.2) is 39.6 Å². The maximum atomic E-state index is 13.3. The first-order valence-corrected chi connectivity index (χ1v) is 12.1. The smallest absolute Gasteiger partial charge is 0.247 e. The van der Waals surface area contributed by atoms with Crippen molar-refractivity contribution in [1.82, 2.24) is 14.7 Å². The van der Waals surface area contributed by atoms with E-state index in [0.717, 1.165) is 27.8 Å². The highest BCUT2D eigenvalue weighted by molar-refractivity contribution is 5.96. The zero-order chi connectivity index (χ0) is 25.8. The highest BCUT2D eigenvalue weighted by Crippen LogP contribution is 2.32. The third-order valence-corrected chi connectivity index (χ3v) is 6.61. The van der Waals surface area contributed by atoms with Crippen LogP contribution in [0.25, 0.3) is 17.3 Å². The summed E-state index contributed by atoms with van der Waals surface area (Å²) in [6.45, 7) is 0.914. The molecule has 0 saturated heterocycles. The highest BCUT2D eigenvalue weighted by Gasteiger charge is 2.32. The number of ether oxygens (including phenoxy) is 1. The summed E-state index contributed by atoms with van der Waals surface area (Å²) in [7, 11) is 1.62. The molecule has 0 bridgehead atoms. The first kappa shape index (κ1) is 24.1. The van der Waals surface area contributed by atoms with E-state index in [4.69, 9.17) is 15.6 Å². The number of hydrogen-bond acceptors (Lipinski definition) is 4. The number of hydrogen-bond donors (Lipinski definition) is 1. The minimum atomic E-state index is -0.693. The number of nitrogens with zero attached hydrogens (tertiary/aromatic N) is 3. The number of carbonyl (C=O) groups is 2. The van der Waals surface area contributed by atoms with Gasteiger partial charge in [0.15, 0.2) is 0 Å². The Kier molecular flexibility index (Phi) is 6.85. The van der Waals surface area contributed by atoms with Crippen LogP contribution in [0.3, 0.4) is 0 Å². The van der Waals surface area contributed by atoms with Crippen molar-refractivity contribution in [1.29, 1.82) is 0 Å². The predicted octanol–water partition coefficient (Wildman–Crippen LogP) is 4.06. The number of amides is 2. The maximum absolute atomic E-state index is 13.3. The molecule has 0 saturated carbocycles. The van der Waals surface area contributed by atoms with E-state index in [9.17, 15) is 9.59 Å². The average Bonchev–Trinajstić information content (AvgIpc) is 3.33. The Morgan fingerprint density at radius 1 is 1.00 bits per heavy atom. The van der Waals surface area contributed by atoms with Crippen LogP contribution in [0.15, 0.2) is 91.1 Å². The van der Waals surface area contributed by atoms with Crippen molar-refractivity contribution >= 4 is 17.9 Å². The van der Waals surface area contributed by atoms with Crippen LogP contribution in [0.5, 0.6) is 5.75 Å². The van der Waals surface area contributed by atoms with Gasteiger partial charge in [-0.1, -0.05) is 66.7 Å². The van der Waals surface area contributed by atoms with E-state index < -0.39 is 11.9 Å². The van der Waals surface area contributed by atoms with Gasteiger partial charge in [-0.3, -0.25) is 14.3 Å². The Labute approximate surface area is 215 Å². The summed E-state index contributed by atoms with van der Waals surface area (Å²) < 4.78 is 7.43. The third kappa shape index (κ3) is 5.16. The summed E-state index contributed by atoms with van der Waals surface area (Å²) in [5.74, 6) is -0.100. The fraction of sp³-hybridized carbons (Fsp3) is 0.167. The van der Waals surface area contributed by atoms with Crippen molar-refractivity contribution in [2.75, 3.05) is 7.11 Å². The quantitative estimate of drug-likeness (QED) is 0.394. The molecule has 2 amide bonds. The molecule has 1 aromatic heterocycles. The van der Waals surface area contributed by atoms with Crippen molar-refractivity contribution in [3.05, 3.63) is 113 Å². The molecule has 5 rings (SSSR count). The summed E-state index contributed by atoms with van der Waals surface area (Å²) in [5, 5.41) is 4.83. The fourth-order valence-corrected chi connectivity index (χ4v) is 4.73. The van der Waals surface area contributed by atoms with Crippen molar-refractivity contribution in [2.24, 2.45) is 5.73 Å². The maximum Gasteiger partial charge on any atom is 0.247 e. The Hall–Kier alpha value is -4.65. The van der Waals surface area contributed by atoms with Crippen LogP contribution in [0, 0.1) is 0 Å². The van der Waals surface area contributed by atoms with E-state index in [1.54, 1.807) is 18.1 Å². The molecule has 0 spiro atoms. The molecule has 2 N–H and O–H groups in total. The van der Waals surface area contributed by atoms with Gasteiger partial charge in [0.1, 0.15) is 17.5 Å². The predicted molar refractivity (Wildman–Crippen MR) is 142 cm³/mol. The van der Waals surface area contributed by atoms with Crippen molar-refractivity contribution in [3.63, 3.8) is 0 Å². The average molecular weight is 493 g/mol. The monoisotopic (exact) mass is 492 g/mol. The lowest BCUT2D eigenvalue weighted by Gasteiger charge is -2.34. The van der Waals surface area contributed by atoms with Gasteiger partial charge in [-0.2, -0.15) is 5.10 Å². The standard InChI is InChI=1S/C30H28N4O3/c1-37-27-14-8-7-13-25(27)29-24(19-33(32-29)18-21-9-3-2-4-10-21)15-16-28(35)34-20-23-12-6-5-11-22(23)17-26(34)30(31)36/h2-16,19,26H,17-18,20H2,1H3,(H2,31,36)/b16-15+. The van der Waals surface area contributed by atoms with Crippen molar-refractivity contribution in [3.8, 4) is 17.0 Å². The van der Waals surface area contributed by atoms with Crippen LogP contribution < -0.4 is 10.5 Å². The lowest BCUT2D eigenvalue weighted by atomic mass is 9.93.